The predicted molar refractivity (Wildman–Crippen MR) is 53.2 cm³/mol. The zero-order valence-electron chi connectivity index (χ0n) is 7.04. The van der Waals surface area contributed by atoms with Crippen molar-refractivity contribution in [2.45, 2.75) is 9.79 Å². The van der Waals surface area contributed by atoms with Crippen molar-refractivity contribution in [3.8, 4) is 0 Å². The summed E-state index contributed by atoms with van der Waals surface area (Å²) in [6.07, 6.45) is 0. The van der Waals surface area contributed by atoms with Gasteiger partial charge in [-0.05, 0) is 36.0 Å². The van der Waals surface area contributed by atoms with Gasteiger partial charge >= 0.3 is 5.17 Å². The molecule has 0 heterocycles. The minimum atomic E-state index is -4.13. The summed E-state index contributed by atoms with van der Waals surface area (Å²) >= 11 is 1.11. The lowest BCUT2D eigenvalue weighted by Gasteiger charge is -1.98. The van der Waals surface area contributed by atoms with Crippen LogP contribution in [0.15, 0.2) is 34.1 Å². The van der Waals surface area contributed by atoms with Crippen LogP contribution in [-0.4, -0.2) is 18.1 Å². The molecule has 0 saturated carbocycles. The van der Waals surface area contributed by atoms with Crippen LogP contribution in [0.4, 0.5) is 0 Å². The third-order valence-electron chi connectivity index (χ3n) is 1.36. The number of hydrogen-bond donors (Lipinski definition) is 3. The molecule has 0 aromatic heterocycles. The van der Waals surface area contributed by atoms with E-state index in [1.165, 1.54) is 24.3 Å². The Morgan fingerprint density at radius 1 is 1.36 bits per heavy atom. The summed E-state index contributed by atoms with van der Waals surface area (Å²) in [5.74, 6) is 0. The molecule has 0 spiro atoms. The largest absolute Gasteiger partial charge is 0.304 e. The molecule has 1 aromatic rings. The monoisotopic (exact) mass is 233 g/mol. The van der Waals surface area contributed by atoms with E-state index in [9.17, 15) is 8.42 Å². The molecule has 0 aliphatic carbocycles. The molecule has 0 aliphatic rings. The molecule has 0 aliphatic heterocycles. The van der Waals surface area contributed by atoms with Crippen LogP contribution < -0.4 is 11.1 Å². The quantitative estimate of drug-likeness (QED) is 0.266. The average Bonchev–Trinajstić information content (AvgIpc) is 2.02. The first kappa shape index (κ1) is 11.0. The molecule has 0 amide bonds. The molecular formula is C7H9N2O3S2+. The normalized spacial score (nSPS) is 11.2. The van der Waals surface area contributed by atoms with Gasteiger partial charge in [0.25, 0.3) is 10.1 Å². The standard InChI is InChI=1S/C7H8N2O3S2/c8-7(9)13-5-1-3-6(4-2-5)14(10,11)12/h1-4H,(H3,8,9)(H,10,11,12)/p+1. The molecule has 5 N–H and O–H groups in total. The highest BCUT2D eigenvalue weighted by Gasteiger charge is 2.09. The molecular weight excluding hydrogens is 224 g/mol. The minimum Gasteiger partial charge on any atom is -0.282 e. The maximum atomic E-state index is 10.7. The Balaban J connectivity index is 2.95. The van der Waals surface area contributed by atoms with Gasteiger partial charge in [0.1, 0.15) is 0 Å². The lowest BCUT2D eigenvalue weighted by Crippen LogP contribution is -2.43. The van der Waals surface area contributed by atoms with E-state index in [0.29, 0.717) is 4.90 Å². The highest BCUT2D eigenvalue weighted by atomic mass is 32.2. The van der Waals surface area contributed by atoms with Crippen molar-refractivity contribution >= 4 is 27.0 Å². The molecule has 14 heavy (non-hydrogen) atoms. The van der Waals surface area contributed by atoms with Crippen LogP contribution in [0.25, 0.3) is 0 Å². The second-order valence-corrected chi connectivity index (χ2v) is 5.02. The summed E-state index contributed by atoms with van der Waals surface area (Å²) in [5.41, 5.74) is 5.24. The highest BCUT2D eigenvalue weighted by Crippen LogP contribution is 2.18. The lowest BCUT2D eigenvalue weighted by molar-refractivity contribution is -0.110. The van der Waals surface area contributed by atoms with Gasteiger partial charge in [0, 0.05) is 4.90 Å². The van der Waals surface area contributed by atoms with Gasteiger partial charge in [0.05, 0.1) is 4.90 Å². The maximum absolute atomic E-state index is 10.7. The van der Waals surface area contributed by atoms with Gasteiger partial charge in [0.2, 0.25) is 0 Å². The van der Waals surface area contributed by atoms with Gasteiger partial charge in [0.15, 0.2) is 0 Å². The van der Waals surface area contributed by atoms with Crippen molar-refractivity contribution in [1.29, 1.82) is 0 Å². The molecule has 0 fully saturated rings. The summed E-state index contributed by atoms with van der Waals surface area (Å²) in [7, 11) is -4.13. The van der Waals surface area contributed by atoms with Crippen molar-refractivity contribution < 1.29 is 18.4 Å². The summed E-state index contributed by atoms with van der Waals surface area (Å²) in [6, 6.07) is 5.57. The Kier molecular flexibility index (Phi) is 3.14. The minimum absolute atomic E-state index is 0.155. The third-order valence-corrected chi connectivity index (χ3v) is 2.97. The molecule has 0 saturated heterocycles. The van der Waals surface area contributed by atoms with Crippen LogP contribution in [-0.2, 0) is 10.1 Å². The molecule has 7 heteroatoms. The Morgan fingerprint density at radius 3 is 2.21 bits per heavy atom. The van der Waals surface area contributed by atoms with Gasteiger partial charge in [-0.1, -0.05) is 0 Å². The van der Waals surface area contributed by atoms with Crippen molar-refractivity contribution in [2.24, 2.45) is 5.73 Å². The van der Waals surface area contributed by atoms with E-state index < -0.39 is 10.1 Å². The first-order chi connectivity index (χ1) is 6.39. The number of hydrogen-bond acceptors (Lipinski definition) is 3. The summed E-state index contributed by atoms with van der Waals surface area (Å²) in [5, 5.41) is 5.41. The molecule has 1 aromatic carbocycles. The number of thioether (sulfide) groups is 1. The SMILES string of the molecule is NC(=[NH2+])Sc1ccc(S(=O)(=O)O)cc1. The van der Waals surface area contributed by atoms with Crippen molar-refractivity contribution in [2.75, 3.05) is 0 Å². The van der Waals surface area contributed by atoms with Crippen molar-refractivity contribution in [3.63, 3.8) is 0 Å². The molecule has 0 bridgehead atoms. The van der Waals surface area contributed by atoms with Gasteiger partial charge in [-0.3, -0.25) is 15.7 Å². The zero-order valence-corrected chi connectivity index (χ0v) is 8.68. The van der Waals surface area contributed by atoms with E-state index >= 15 is 0 Å². The van der Waals surface area contributed by atoms with Crippen LogP contribution in [0.5, 0.6) is 0 Å². The average molecular weight is 233 g/mol. The van der Waals surface area contributed by atoms with Gasteiger partial charge in [-0.2, -0.15) is 8.42 Å². The van der Waals surface area contributed by atoms with Crippen LogP contribution in [0.2, 0.25) is 0 Å². The lowest BCUT2D eigenvalue weighted by atomic mass is 10.4. The second kappa shape index (κ2) is 3.99. The fraction of sp³-hybridized carbons (Fsp3) is 0. The summed E-state index contributed by atoms with van der Waals surface area (Å²) in [6.45, 7) is 0. The Bertz CT molecular complexity index is 439. The van der Waals surface area contributed by atoms with Crippen LogP contribution in [0.3, 0.4) is 0 Å². The van der Waals surface area contributed by atoms with E-state index in [0.717, 1.165) is 11.8 Å². The second-order valence-electron chi connectivity index (χ2n) is 2.45. The summed E-state index contributed by atoms with van der Waals surface area (Å²) < 4.78 is 30.0. The maximum Gasteiger partial charge on any atom is 0.304 e. The fourth-order valence-electron chi connectivity index (χ4n) is 0.816. The number of amidine groups is 1. The molecule has 1 rings (SSSR count). The van der Waals surface area contributed by atoms with Gasteiger partial charge in [-0.25, -0.2) is 0 Å². The topological polar surface area (TPSA) is 106 Å². The third kappa shape index (κ3) is 3.02. The van der Waals surface area contributed by atoms with E-state index in [4.69, 9.17) is 15.7 Å². The Morgan fingerprint density at radius 2 is 1.86 bits per heavy atom. The Labute approximate surface area is 85.6 Å². The van der Waals surface area contributed by atoms with Crippen LogP contribution in [0.1, 0.15) is 0 Å². The molecule has 0 unspecified atom stereocenters. The first-order valence-electron chi connectivity index (χ1n) is 3.53. The highest BCUT2D eigenvalue weighted by molar-refractivity contribution is 8.13. The van der Waals surface area contributed by atoms with Gasteiger partial charge in [-0.15, -0.1) is 0 Å². The van der Waals surface area contributed by atoms with E-state index in [2.05, 4.69) is 0 Å². The molecule has 5 nitrogen and oxygen atoms in total. The molecule has 0 atom stereocenters. The molecule has 76 valence electrons. The van der Waals surface area contributed by atoms with E-state index in [1.54, 1.807) is 0 Å². The van der Waals surface area contributed by atoms with Crippen molar-refractivity contribution in [1.82, 2.24) is 0 Å². The van der Waals surface area contributed by atoms with Gasteiger partial charge < -0.3 is 0 Å². The van der Waals surface area contributed by atoms with E-state index in [1.807, 2.05) is 0 Å². The Hall–Kier alpha value is -1.05. The van der Waals surface area contributed by atoms with Crippen LogP contribution >= 0.6 is 11.8 Å². The fourth-order valence-corrected chi connectivity index (χ4v) is 1.84. The van der Waals surface area contributed by atoms with E-state index in [-0.39, 0.29) is 10.1 Å². The smallest absolute Gasteiger partial charge is 0.282 e. The zero-order chi connectivity index (χ0) is 10.8. The van der Waals surface area contributed by atoms with Crippen molar-refractivity contribution in [3.05, 3.63) is 24.3 Å². The summed E-state index contributed by atoms with van der Waals surface area (Å²) in [4.78, 5) is 0.551. The van der Waals surface area contributed by atoms with Crippen LogP contribution in [0, 0.1) is 0 Å². The first-order valence-corrected chi connectivity index (χ1v) is 5.78. The number of benzene rings is 1. The number of rotatable bonds is 2. The predicted octanol–water partition coefficient (Wildman–Crippen LogP) is -0.901. The number of nitrogens with two attached hydrogens (primary N) is 2. The molecule has 0 radical (unpaired) electrons.